The second kappa shape index (κ2) is 6.95. The van der Waals surface area contributed by atoms with Gasteiger partial charge in [0, 0.05) is 24.2 Å². The van der Waals surface area contributed by atoms with Crippen LogP contribution in [0.1, 0.15) is 36.0 Å². The van der Waals surface area contributed by atoms with Crippen molar-refractivity contribution in [2.75, 3.05) is 20.3 Å². The Morgan fingerprint density at radius 2 is 2.25 bits per heavy atom. The van der Waals surface area contributed by atoms with E-state index in [0.29, 0.717) is 29.3 Å². The maximum atomic E-state index is 12.7. The molecule has 0 radical (unpaired) electrons. The molecule has 0 aromatic heterocycles. The third-order valence-electron chi connectivity index (χ3n) is 3.73. The average Bonchev–Trinajstić information content (AvgIpc) is 2.40. The van der Waals surface area contributed by atoms with Gasteiger partial charge in [0.25, 0.3) is 5.91 Å². The van der Waals surface area contributed by atoms with Crippen LogP contribution in [0.15, 0.2) is 18.2 Å². The van der Waals surface area contributed by atoms with E-state index >= 15 is 0 Å². The molecule has 0 bridgehead atoms. The second-order valence-electron chi connectivity index (χ2n) is 5.01. The van der Waals surface area contributed by atoms with E-state index in [4.69, 9.17) is 21.4 Å². The highest BCUT2D eigenvalue weighted by Gasteiger charge is 2.30. The topological polar surface area (TPSA) is 49.8 Å². The summed E-state index contributed by atoms with van der Waals surface area (Å²) in [5.41, 5.74) is 0.529. The lowest BCUT2D eigenvalue weighted by Gasteiger charge is -2.37. The summed E-state index contributed by atoms with van der Waals surface area (Å²) in [4.78, 5) is 14.5. The molecule has 4 nitrogen and oxygen atoms in total. The van der Waals surface area contributed by atoms with E-state index in [1.807, 2.05) is 4.90 Å². The molecule has 0 spiro atoms. The molecule has 0 heterocycles. The fraction of sp³-hybridized carbons (Fsp3) is 0.533. The van der Waals surface area contributed by atoms with Gasteiger partial charge in [0.2, 0.25) is 0 Å². The molecule has 110 valence electrons. The molecule has 1 amide bonds. The lowest BCUT2D eigenvalue weighted by molar-refractivity contribution is 0.0559. The Bertz CT molecular complexity index is 474. The number of aliphatic hydroxyl groups excluding tert-OH is 1. The minimum Gasteiger partial charge on any atom is -0.496 e. The quantitative estimate of drug-likeness (QED) is 0.878. The maximum Gasteiger partial charge on any atom is 0.257 e. The molecule has 1 aliphatic rings. The van der Waals surface area contributed by atoms with E-state index in [9.17, 15) is 4.79 Å². The lowest BCUT2D eigenvalue weighted by Crippen LogP contribution is -2.45. The summed E-state index contributed by atoms with van der Waals surface area (Å²) in [5.74, 6) is 0.451. The van der Waals surface area contributed by atoms with Crippen LogP contribution in [0, 0.1) is 0 Å². The van der Waals surface area contributed by atoms with Crippen LogP contribution in [0.2, 0.25) is 5.02 Å². The molecule has 0 atom stereocenters. The molecule has 1 aliphatic carbocycles. The molecule has 0 saturated heterocycles. The molecule has 1 saturated carbocycles. The van der Waals surface area contributed by atoms with E-state index < -0.39 is 0 Å². The zero-order valence-electron chi connectivity index (χ0n) is 11.6. The third-order valence-corrected chi connectivity index (χ3v) is 3.96. The van der Waals surface area contributed by atoms with E-state index in [-0.39, 0.29) is 18.6 Å². The summed E-state index contributed by atoms with van der Waals surface area (Å²) in [5, 5.41) is 9.54. The van der Waals surface area contributed by atoms with Gasteiger partial charge in [0.1, 0.15) is 5.75 Å². The van der Waals surface area contributed by atoms with Gasteiger partial charge in [0.15, 0.2) is 0 Å². The van der Waals surface area contributed by atoms with Gasteiger partial charge in [-0.15, -0.1) is 0 Å². The highest BCUT2D eigenvalue weighted by molar-refractivity contribution is 6.30. The number of hydrogen-bond donors (Lipinski definition) is 1. The molecule has 1 N–H and O–H groups in total. The van der Waals surface area contributed by atoms with Crippen molar-refractivity contribution in [1.82, 2.24) is 4.90 Å². The zero-order valence-corrected chi connectivity index (χ0v) is 12.4. The largest absolute Gasteiger partial charge is 0.496 e. The molecule has 20 heavy (non-hydrogen) atoms. The van der Waals surface area contributed by atoms with Crippen molar-refractivity contribution >= 4 is 17.5 Å². The minimum absolute atomic E-state index is 0.0448. The standard InChI is InChI=1S/C15H20ClNO3/c1-20-14-10-11(16)6-7-13(14)15(19)17(8-3-9-18)12-4-2-5-12/h6-7,10,12,18H,2-5,8-9H2,1H3. The number of rotatable bonds is 6. The van der Waals surface area contributed by atoms with E-state index in [0.717, 1.165) is 19.3 Å². The summed E-state index contributed by atoms with van der Waals surface area (Å²) in [6.45, 7) is 0.667. The Balaban J connectivity index is 2.21. The number of nitrogens with zero attached hydrogens (tertiary/aromatic N) is 1. The zero-order chi connectivity index (χ0) is 14.5. The molecule has 1 fully saturated rings. The van der Waals surface area contributed by atoms with Crippen molar-refractivity contribution in [1.29, 1.82) is 0 Å². The first kappa shape index (κ1) is 15.1. The first-order valence-electron chi connectivity index (χ1n) is 6.92. The number of carbonyl (C=O) groups excluding carboxylic acids is 1. The van der Waals surface area contributed by atoms with Gasteiger partial charge in [-0.1, -0.05) is 11.6 Å². The van der Waals surface area contributed by atoms with Gasteiger partial charge < -0.3 is 14.7 Å². The molecule has 2 rings (SSSR count). The van der Waals surface area contributed by atoms with Crippen LogP contribution < -0.4 is 4.74 Å². The molecular weight excluding hydrogens is 278 g/mol. The predicted molar refractivity (Wildman–Crippen MR) is 78.4 cm³/mol. The molecule has 0 aliphatic heterocycles. The number of aliphatic hydroxyl groups is 1. The molecule has 1 aromatic carbocycles. The fourth-order valence-electron chi connectivity index (χ4n) is 2.39. The van der Waals surface area contributed by atoms with Crippen LogP contribution in [0.4, 0.5) is 0 Å². The Hall–Kier alpha value is -1.26. The summed E-state index contributed by atoms with van der Waals surface area (Å²) >= 11 is 5.93. The summed E-state index contributed by atoms with van der Waals surface area (Å²) in [6, 6.07) is 5.34. The van der Waals surface area contributed by atoms with Crippen LogP contribution in [-0.2, 0) is 0 Å². The van der Waals surface area contributed by atoms with Gasteiger partial charge in [-0.25, -0.2) is 0 Å². The fourth-order valence-corrected chi connectivity index (χ4v) is 2.55. The summed E-state index contributed by atoms with van der Waals surface area (Å²) < 4.78 is 5.25. The summed E-state index contributed by atoms with van der Waals surface area (Å²) in [6.07, 6.45) is 3.82. The third kappa shape index (κ3) is 3.25. The number of ether oxygens (including phenoxy) is 1. The Kier molecular flexibility index (Phi) is 5.26. The first-order valence-corrected chi connectivity index (χ1v) is 7.30. The average molecular weight is 298 g/mol. The minimum atomic E-state index is -0.0448. The first-order chi connectivity index (χ1) is 9.67. The van der Waals surface area contributed by atoms with Crippen molar-refractivity contribution in [3.8, 4) is 5.75 Å². The van der Waals surface area contributed by atoms with Crippen LogP contribution in [0.25, 0.3) is 0 Å². The lowest BCUT2D eigenvalue weighted by atomic mass is 9.90. The Morgan fingerprint density at radius 1 is 1.50 bits per heavy atom. The Labute approximate surface area is 124 Å². The monoisotopic (exact) mass is 297 g/mol. The number of amides is 1. The number of carbonyl (C=O) groups is 1. The van der Waals surface area contributed by atoms with E-state index in [2.05, 4.69) is 0 Å². The number of methoxy groups -OCH3 is 1. The highest BCUT2D eigenvalue weighted by atomic mass is 35.5. The predicted octanol–water partition coefficient (Wildman–Crippen LogP) is 2.73. The highest BCUT2D eigenvalue weighted by Crippen LogP contribution is 2.30. The number of halogens is 1. The van der Waals surface area contributed by atoms with Crippen molar-refractivity contribution in [3.05, 3.63) is 28.8 Å². The normalized spacial score (nSPS) is 14.8. The molecule has 5 heteroatoms. The van der Waals surface area contributed by atoms with Crippen LogP contribution in [0.5, 0.6) is 5.75 Å². The van der Waals surface area contributed by atoms with E-state index in [1.54, 1.807) is 18.2 Å². The number of benzene rings is 1. The van der Waals surface area contributed by atoms with Gasteiger partial charge in [-0.3, -0.25) is 4.79 Å². The van der Waals surface area contributed by atoms with Crippen molar-refractivity contribution in [2.24, 2.45) is 0 Å². The molecule has 0 unspecified atom stereocenters. The van der Waals surface area contributed by atoms with Crippen LogP contribution >= 0.6 is 11.6 Å². The maximum absolute atomic E-state index is 12.7. The van der Waals surface area contributed by atoms with Crippen LogP contribution in [0.3, 0.4) is 0 Å². The van der Waals surface area contributed by atoms with Gasteiger partial charge in [-0.2, -0.15) is 0 Å². The van der Waals surface area contributed by atoms with Crippen molar-refractivity contribution < 1.29 is 14.6 Å². The van der Waals surface area contributed by atoms with Crippen molar-refractivity contribution in [3.63, 3.8) is 0 Å². The summed E-state index contributed by atoms with van der Waals surface area (Å²) in [7, 11) is 1.53. The van der Waals surface area contributed by atoms with Gasteiger partial charge in [0.05, 0.1) is 12.7 Å². The van der Waals surface area contributed by atoms with Crippen LogP contribution in [-0.4, -0.2) is 42.2 Å². The van der Waals surface area contributed by atoms with E-state index in [1.165, 1.54) is 7.11 Å². The number of hydrogen-bond acceptors (Lipinski definition) is 3. The SMILES string of the molecule is COc1cc(Cl)ccc1C(=O)N(CCCO)C1CCC1. The molecule has 1 aromatic rings. The van der Waals surface area contributed by atoms with Crippen molar-refractivity contribution in [2.45, 2.75) is 31.7 Å². The second-order valence-corrected chi connectivity index (χ2v) is 5.44. The molecular formula is C15H20ClNO3. The van der Waals surface area contributed by atoms with Gasteiger partial charge in [-0.05, 0) is 43.9 Å². The Morgan fingerprint density at radius 3 is 2.80 bits per heavy atom. The smallest absolute Gasteiger partial charge is 0.257 e. The van der Waals surface area contributed by atoms with Gasteiger partial charge >= 0.3 is 0 Å².